The molecule has 26 heavy (non-hydrogen) atoms. The third kappa shape index (κ3) is 5.97. The van der Waals surface area contributed by atoms with Crippen LogP contribution < -0.4 is 0 Å². The van der Waals surface area contributed by atoms with Gasteiger partial charge in [0.25, 0.3) is 0 Å². The summed E-state index contributed by atoms with van der Waals surface area (Å²) < 4.78 is 20.4. The van der Waals surface area contributed by atoms with Crippen LogP contribution in [0.2, 0.25) is 0 Å². The smallest absolute Gasteiger partial charge is 0.337 e. The van der Waals surface area contributed by atoms with Crippen molar-refractivity contribution in [3.8, 4) is 11.3 Å². The molecule has 0 aliphatic heterocycles. The Bertz CT molecular complexity index is 837. The van der Waals surface area contributed by atoms with Crippen molar-refractivity contribution in [1.29, 1.82) is 0 Å². The second-order valence-corrected chi connectivity index (χ2v) is 5.81. The lowest BCUT2D eigenvalue weighted by atomic mass is 10.1. The lowest BCUT2D eigenvalue weighted by Gasteiger charge is -2.00. The van der Waals surface area contributed by atoms with E-state index in [0.29, 0.717) is 24.2 Å². The molecule has 0 spiro atoms. The Morgan fingerprint density at radius 2 is 2.04 bits per heavy atom. The zero-order valence-electron chi connectivity index (χ0n) is 14.5. The van der Waals surface area contributed by atoms with E-state index in [-0.39, 0.29) is 0 Å². The van der Waals surface area contributed by atoms with Crippen LogP contribution in [0.1, 0.15) is 16.1 Å². The average molecular weight is 420 g/mol. The maximum atomic E-state index is 11.6. The molecule has 0 radical (unpaired) electrons. The predicted molar refractivity (Wildman–Crippen MR) is 106 cm³/mol. The number of hydrogen-bond acceptors (Lipinski definition) is 4. The molecule has 4 nitrogen and oxygen atoms in total. The Morgan fingerprint density at radius 3 is 2.65 bits per heavy atom. The normalized spacial score (nSPS) is 10.8. The first kappa shape index (κ1) is 21.3. The molecule has 0 amide bonds. The number of alkyl halides is 1. The van der Waals surface area contributed by atoms with E-state index in [9.17, 15) is 9.18 Å². The third-order valence-corrected chi connectivity index (χ3v) is 3.38. The van der Waals surface area contributed by atoms with Crippen LogP contribution in [0, 0.1) is 0 Å². The summed E-state index contributed by atoms with van der Waals surface area (Å²) in [4.78, 5) is 11.6. The standard InChI is InChI=1S/C19H16BrNO3.CH3F/c1-4-6-14(10-9-13(2)20)18-12-17(21-24-18)15-7-5-8-16(11-15)19(22)23-3;1-2/h4-12H,1-2H2,3H3;1H3/b10-9-,14-6+;. The van der Waals surface area contributed by atoms with Gasteiger partial charge >= 0.3 is 5.97 Å². The van der Waals surface area contributed by atoms with E-state index in [1.54, 1.807) is 36.4 Å². The van der Waals surface area contributed by atoms with Gasteiger partial charge in [-0.2, -0.15) is 0 Å². The highest BCUT2D eigenvalue weighted by Gasteiger charge is 2.11. The lowest BCUT2D eigenvalue weighted by Crippen LogP contribution is -2.00. The van der Waals surface area contributed by atoms with Gasteiger partial charge < -0.3 is 9.26 Å². The van der Waals surface area contributed by atoms with Crippen LogP contribution in [0.3, 0.4) is 0 Å². The maximum absolute atomic E-state index is 11.6. The Hall–Kier alpha value is -2.73. The molecule has 0 fully saturated rings. The monoisotopic (exact) mass is 419 g/mol. The molecule has 1 heterocycles. The van der Waals surface area contributed by atoms with Crippen LogP contribution in [-0.4, -0.2) is 25.4 Å². The van der Waals surface area contributed by atoms with Gasteiger partial charge in [-0.15, -0.1) is 0 Å². The third-order valence-electron chi connectivity index (χ3n) is 3.12. The first-order chi connectivity index (χ1) is 12.5. The molecule has 1 aromatic carbocycles. The molecule has 1 aromatic heterocycles. The van der Waals surface area contributed by atoms with Gasteiger partial charge in [0.15, 0.2) is 5.76 Å². The molecule has 0 saturated carbocycles. The van der Waals surface area contributed by atoms with Gasteiger partial charge in [0.1, 0.15) is 5.69 Å². The zero-order valence-corrected chi connectivity index (χ0v) is 16.1. The van der Waals surface area contributed by atoms with E-state index in [4.69, 9.17) is 9.26 Å². The predicted octanol–water partition coefficient (Wildman–Crippen LogP) is 5.75. The van der Waals surface area contributed by atoms with E-state index < -0.39 is 5.97 Å². The molecule has 136 valence electrons. The van der Waals surface area contributed by atoms with Crippen LogP contribution >= 0.6 is 15.9 Å². The summed E-state index contributed by atoms with van der Waals surface area (Å²) in [7, 11) is 1.85. The number of benzene rings is 1. The van der Waals surface area contributed by atoms with Crippen molar-refractivity contribution in [3.05, 3.63) is 83.6 Å². The van der Waals surface area contributed by atoms with Crippen molar-refractivity contribution in [1.82, 2.24) is 5.16 Å². The topological polar surface area (TPSA) is 52.3 Å². The fraction of sp³-hybridized carbons (Fsp3) is 0.100. The number of ether oxygens (including phenoxy) is 1. The minimum Gasteiger partial charge on any atom is -0.465 e. The highest BCUT2D eigenvalue weighted by molar-refractivity contribution is 9.11. The number of hydrogen-bond donors (Lipinski definition) is 0. The van der Waals surface area contributed by atoms with Crippen LogP contribution in [0.5, 0.6) is 0 Å². The van der Waals surface area contributed by atoms with E-state index in [2.05, 4.69) is 34.2 Å². The summed E-state index contributed by atoms with van der Waals surface area (Å²) in [5.74, 6) is 0.185. The first-order valence-corrected chi connectivity index (χ1v) is 8.23. The summed E-state index contributed by atoms with van der Waals surface area (Å²) in [6.07, 6.45) is 7.11. The largest absolute Gasteiger partial charge is 0.465 e. The molecule has 0 unspecified atom stereocenters. The van der Waals surface area contributed by atoms with Crippen molar-refractivity contribution in [2.75, 3.05) is 14.3 Å². The average Bonchev–Trinajstić information content (AvgIpc) is 3.16. The van der Waals surface area contributed by atoms with Crippen molar-refractivity contribution in [3.63, 3.8) is 0 Å². The summed E-state index contributed by atoms with van der Waals surface area (Å²) >= 11 is 3.27. The van der Waals surface area contributed by atoms with Crippen LogP contribution in [0.15, 0.2) is 76.8 Å². The summed E-state index contributed by atoms with van der Waals surface area (Å²) in [5.41, 5.74) is 2.64. The second-order valence-electron chi connectivity index (χ2n) is 4.79. The number of esters is 1. The molecular formula is C20H19BrFNO3. The minimum atomic E-state index is -0.397. The van der Waals surface area contributed by atoms with Crippen molar-refractivity contribution < 1.29 is 18.4 Å². The Kier molecular flexibility index (Phi) is 9.01. The minimum absolute atomic E-state index is 0.397. The van der Waals surface area contributed by atoms with Crippen molar-refractivity contribution in [2.45, 2.75) is 0 Å². The number of allylic oxidation sites excluding steroid dienone is 6. The molecule has 0 aliphatic rings. The van der Waals surface area contributed by atoms with Crippen molar-refractivity contribution in [2.24, 2.45) is 0 Å². The second kappa shape index (κ2) is 11.0. The van der Waals surface area contributed by atoms with Gasteiger partial charge in [-0.1, -0.05) is 64.6 Å². The molecule has 0 bridgehead atoms. The number of aromatic nitrogens is 1. The van der Waals surface area contributed by atoms with E-state index in [1.165, 1.54) is 7.11 Å². The quantitative estimate of drug-likeness (QED) is 0.441. The summed E-state index contributed by atoms with van der Waals surface area (Å²) in [6.45, 7) is 7.46. The fourth-order valence-electron chi connectivity index (χ4n) is 2.00. The highest BCUT2D eigenvalue weighted by Crippen LogP contribution is 2.25. The SMILES string of the molecule is C=C/C=C(\C=C/C(=C)Br)c1cc(-c2cccc(C(=O)OC)c2)no1.CF. The number of rotatable bonds is 6. The van der Waals surface area contributed by atoms with Gasteiger partial charge in [0, 0.05) is 21.7 Å². The van der Waals surface area contributed by atoms with Crippen LogP contribution in [0.25, 0.3) is 16.8 Å². The van der Waals surface area contributed by atoms with E-state index in [0.717, 1.165) is 15.6 Å². The molecule has 6 heteroatoms. The molecule has 2 rings (SSSR count). The fourth-order valence-corrected chi connectivity index (χ4v) is 2.13. The number of carbonyl (C=O) groups is 1. The van der Waals surface area contributed by atoms with Gasteiger partial charge in [0.2, 0.25) is 0 Å². The Balaban J connectivity index is 0.00000163. The van der Waals surface area contributed by atoms with Crippen molar-refractivity contribution >= 4 is 27.5 Å². The molecular weight excluding hydrogens is 401 g/mol. The van der Waals surface area contributed by atoms with Gasteiger partial charge in [-0.3, -0.25) is 4.39 Å². The summed E-state index contributed by atoms with van der Waals surface area (Å²) in [5, 5.41) is 4.07. The number of nitrogens with zero attached hydrogens (tertiary/aromatic N) is 1. The summed E-state index contributed by atoms with van der Waals surface area (Å²) in [6, 6.07) is 8.81. The van der Waals surface area contributed by atoms with Gasteiger partial charge in [-0.05, 0) is 18.2 Å². The molecule has 0 aliphatic carbocycles. The Morgan fingerprint density at radius 1 is 1.31 bits per heavy atom. The van der Waals surface area contributed by atoms with Gasteiger partial charge in [-0.25, -0.2) is 4.79 Å². The molecule has 0 N–H and O–H groups in total. The van der Waals surface area contributed by atoms with Gasteiger partial charge in [0.05, 0.1) is 19.9 Å². The lowest BCUT2D eigenvalue weighted by molar-refractivity contribution is 0.0601. The zero-order chi connectivity index (χ0) is 19.5. The van der Waals surface area contributed by atoms with E-state index in [1.807, 2.05) is 18.2 Å². The first-order valence-electron chi connectivity index (χ1n) is 7.44. The molecule has 2 aromatic rings. The van der Waals surface area contributed by atoms with E-state index >= 15 is 0 Å². The molecule has 0 saturated heterocycles. The number of halogens is 2. The molecule has 0 atom stereocenters. The highest BCUT2D eigenvalue weighted by atomic mass is 79.9. The number of methoxy groups -OCH3 is 1. The number of carbonyl (C=O) groups excluding carboxylic acids is 1. The van der Waals surface area contributed by atoms with Crippen LogP contribution in [0.4, 0.5) is 4.39 Å². The van der Waals surface area contributed by atoms with Crippen LogP contribution in [-0.2, 0) is 4.74 Å². The maximum Gasteiger partial charge on any atom is 0.337 e. The Labute approximate surface area is 160 Å².